The molecule has 0 aromatic rings. The molecule has 0 aromatic heterocycles. The molecule has 1 atom stereocenters. The summed E-state index contributed by atoms with van der Waals surface area (Å²) in [6, 6.07) is 0. The van der Waals surface area contributed by atoms with Crippen LogP contribution < -0.4 is 5.73 Å². The van der Waals surface area contributed by atoms with E-state index in [2.05, 4.69) is 4.74 Å². The Balaban J connectivity index is 2.49. The fourth-order valence-corrected chi connectivity index (χ4v) is 2.90. The number of nitrogens with zero attached hydrogens (tertiary/aromatic N) is 1. The van der Waals surface area contributed by atoms with Crippen LogP contribution in [0.5, 0.6) is 0 Å². The zero-order valence-electron chi connectivity index (χ0n) is 14.7. The average molecular weight is 354 g/mol. The number of rotatable bonds is 6. The smallest absolute Gasteiger partial charge is 0.411 e. The van der Waals surface area contributed by atoms with E-state index in [1.807, 2.05) is 20.8 Å². The lowest BCUT2D eigenvalue weighted by Crippen LogP contribution is -2.50. The third-order valence-corrected chi connectivity index (χ3v) is 4.01. The normalized spacial score (nSPS) is 22.5. The van der Waals surface area contributed by atoms with Crippen molar-refractivity contribution in [3.63, 3.8) is 0 Å². The largest absolute Gasteiger partial charge is 0.444 e. The van der Waals surface area contributed by atoms with Gasteiger partial charge in [0.05, 0.1) is 0 Å². The van der Waals surface area contributed by atoms with Crippen LogP contribution in [0.3, 0.4) is 0 Å². The van der Waals surface area contributed by atoms with Gasteiger partial charge in [-0.25, -0.2) is 4.79 Å². The molecule has 8 heteroatoms. The van der Waals surface area contributed by atoms with Crippen LogP contribution in [0.1, 0.15) is 46.5 Å². The van der Waals surface area contributed by atoms with Gasteiger partial charge in [0.15, 0.2) is 0 Å². The summed E-state index contributed by atoms with van der Waals surface area (Å²) in [6.45, 7) is 5.69. The van der Waals surface area contributed by atoms with Crippen LogP contribution >= 0.6 is 0 Å². The van der Waals surface area contributed by atoms with Crippen molar-refractivity contribution in [1.82, 2.24) is 4.90 Å². The van der Waals surface area contributed by atoms with Crippen molar-refractivity contribution < 1.29 is 27.4 Å². The molecule has 0 aliphatic carbocycles. The van der Waals surface area contributed by atoms with Crippen LogP contribution in [0.25, 0.3) is 0 Å². The van der Waals surface area contributed by atoms with E-state index in [9.17, 15) is 18.0 Å². The summed E-state index contributed by atoms with van der Waals surface area (Å²) in [5, 5.41) is 0. The number of nitrogens with two attached hydrogens (primary N) is 1. The van der Waals surface area contributed by atoms with Gasteiger partial charge in [-0.2, -0.15) is 13.2 Å². The van der Waals surface area contributed by atoms with E-state index in [1.165, 1.54) is 0 Å². The van der Waals surface area contributed by atoms with Crippen molar-refractivity contribution in [1.29, 1.82) is 0 Å². The van der Waals surface area contributed by atoms with E-state index in [0.29, 0.717) is 32.5 Å². The summed E-state index contributed by atoms with van der Waals surface area (Å²) in [5.41, 5.74) is 5.07. The minimum atomic E-state index is -4.30. The van der Waals surface area contributed by atoms with E-state index < -0.39 is 18.4 Å². The van der Waals surface area contributed by atoms with Gasteiger partial charge >= 0.3 is 12.3 Å². The number of likely N-dealkylation sites (tertiary alicyclic amines) is 1. The molecule has 1 rings (SSSR count). The van der Waals surface area contributed by atoms with E-state index >= 15 is 0 Å². The molecule has 1 fully saturated rings. The Morgan fingerprint density at radius 2 is 1.96 bits per heavy atom. The Morgan fingerprint density at radius 1 is 1.29 bits per heavy atom. The number of carbonyl (C=O) groups excluding carboxylic acids is 1. The number of amides is 1. The standard InChI is InChI=1S/C16H29F3N2O3/c1-14(2,3)24-13(22)21-8-4-6-15(10-20,11-21)7-5-9-23-12-16(17,18)19/h4-12,20H2,1-3H3. The van der Waals surface area contributed by atoms with Gasteiger partial charge in [-0.05, 0) is 53.0 Å². The molecular formula is C16H29F3N2O3. The molecule has 1 saturated heterocycles. The van der Waals surface area contributed by atoms with Gasteiger partial charge in [0.2, 0.25) is 0 Å². The lowest BCUT2D eigenvalue weighted by molar-refractivity contribution is -0.174. The molecule has 5 nitrogen and oxygen atoms in total. The zero-order valence-corrected chi connectivity index (χ0v) is 14.7. The quantitative estimate of drug-likeness (QED) is 0.743. The fourth-order valence-electron chi connectivity index (χ4n) is 2.90. The Hall–Kier alpha value is -1.02. The van der Waals surface area contributed by atoms with Crippen molar-refractivity contribution >= 4 is 6.09 Å². The Labute approximate surface area is 141 Å². The van der Waals surface area contributed by atoms with Gasteiger partial charge in [-0.3, -0.25) is 0 Å². The van der Waals surface area contributed by atoms with Crippen LogP contribution in [0.4, 0.5) is 18.0 Å². The molecule has 142 valence electrons. The van der Waals surface area contributed by atoms with Crippen LogP contribution in [-0.2, 0) is 9.47 Å². The third-order valence-electron chi connectivity index (χ3n) is 4.01. The molecule has 1 aliphatic rings. The van der Waals surface area contributed by atoms with E-state index in [-0.39, 0.29) is 18.1 Å². The summed E-state index contributed by atoms with van der Waals surface area (Å²) < 4.78 is 46.2. The minimum Gasteiger partial charge on any atom is -0.444 e. The SMILES string of the molecule is CC(C)(C)OC(=O)N1CCCC(CN)(CCCOCC(F)(F)F)C1. The first-order valence-corrected chi connectivity index (χ1v) is 8.29. The van der Waals surface area contributed by atoms with Crippen molar-refractivity contribution in [2.75, 3.05) is 32.8 Å². The van der Waals surface area contributed by atoms with Crippen molar-refractivity contribution in [3.05, 3.63) is 0 Å². The molecule has 0 saturated carbocycles. The first-order chi connectivity index (χ1) is 11.0. The molecule has 2 N–H and O–H groups in total. The Bertz CT molecular complexity index is 410. The summed E-state index contributed by atoms with van der Waals surface area (Å²) in [5.74, 6) is 0. The lowest BCUT2D eigenvalue weighted by atomic mass is 9.76. The van der Waals surface area contributed by atoms with Crippen LogP contribution in [-0.4, -0.2) is 55.6 Å². The van der Waals surface area contributed by atoms with Gasteiger partial charge in [0.25, 0.3) is 0 Å². The van der Waals surface area contributed by atoms with Gasteiger partial charge in [0.1, 0.15) is 12.2 Å². The molecule has 0 spiro atoms. The minimum absolute atomic E-state index is 0.0354. The highest BCUT2D eigenvalue weighted by molar-refractivity contribution is 5.68. The number of piperidine rings is 1. The van der Waals surface area contributed by atoms with E-state index in [4.69, 9.17) is 10.5 Å². The molecule has 0 radical (unpaired) electrons. The molecule has 24 heavy (non-hydrogen) atoms. The maximum Gasteiger partial charge on any atom is 0.411 e. The highest BCUT2D eigenvalue weighted by atomic mass is 19.4. The number of hydrogen-bond acceptors (Lipinski definition) is 4. The Kier molecular flexibility index (Phi) is 7.34. The monoisotopic (exact) mass is 354 g/mol. The average Bonchev–Trinajstić information content (AvgIpc) is 2.44. The maximum atomic E-state index is 12.2. The van der Waals surface area contributed by atoms with Crippen LogP contribution in [0, 0.1) is 5.41 Å². The summed E-state index contributed by atoms with van der Waals surface area (Å²) >= 11 is 0. The van der Waals surface area contributed by atoms with E-state index in [0.717, 1.165) is 12.8 Å². The molecule has 1 aliphatic heterocycles. The number of halogens is 3. The molecule has 1 heterocycles. The predicted octanol–water partition coefficient (Wildman–Crippen LogP) is 3.32. The summed E-state index contributed by atoms with van der Waals surface area (Å²) in [7, 11) is 0. The van der Waals surface area contributed by atoms with Crippen molar-refractivity contribution in [2.24, 2.45) is 11.1 Å². The number of hydrogen-bond donors (Lipinski definition) is 1. The first kappa shape index (κ1) is 21.0. The van der Waals surface area contributed by atoms with Crippen molar-refractivity contribution in [2.45, 2.75) is 58.2 Å². The zero-order chi connectivity index (χ0) is 18.4. The van der Waals surface area contributed by atoms with Gasteiger partial charge in [0, 0.05) is 25.1 Å². The third kappa shape index (κ3) is 7.70. The molecule has 0 aromatic carbocycles. The van der Waals surface area contributed by atoms with Gasteiger partial charge in [-0.1, -0.05) is 0 Å². The first-order valence-electron chi connectivity index (χ1n) is 8.29. The van der Waals surface area contributed by atoms with Crippen LogP contribution in [0.15, 0.2) is 0 Å². The maximum absolute atomic E-state index is 12.2. The lowest BCUT2D eigenvalue weighted by Gasteiger charge is -2.42. The second-order valence-corrected chi connectivity index (χ2v) is 7.48. The highest BCUT2D eigenvalue weighted by Gasteiger charge is 2.37. The summed E-state index contributed by atoms with van der Waals surface area (Å²) in [6.07, 6.45) is -1.91. The highest BCUT2D eigenvalue weighted by Crippen LogP contribution is 2.34. The topological polar surface area (TPSA) is 64.8 Å². The number of alkyl halides is 3. The second kappa shape index (κ2) is 8.38. The van der Waals surface area contributed by atoms with Gasteiger partial charge in [-0.15, -0.1) is 0 Å². The van der Waals surface area contributed by atoms with Gasteiger partial charge < -0.3 is 20.1 Å². The number of ether oxygens (including phenoxy) is 2. The Morgan fingerprint density at radius 3 is 2.50 bits per heavy atom. The molecule has 1 amide bonds. The predicted molar refractivity (Wildman–Crippen MR) is 84.6 cm³/mol. The summed E-state index contributed by atoms with van der Waals surface area (Å²) in [4.78, 5) is 13.9. The van der Waals surface area contributed by atoms with E-state index in [1.54, 1.807) is 4.90 Å². The molecular weight excluding hydrogens is 325 g/mol. The molecule has 1 unspecified atom stereocenters. The molecule has 0 bridgehead atoms. The van der Waals surface area contributed by atoms with Crippen LogP contribution in [0.2, 0.25) is 0 Å². The van der Waals surface area contributed by atoms with Crippen molar-refractivity contribution in [3.8, 4) is 0 Å². The fraction of sp³-hybridized carbons (Fsp3) is 0.938. The number of carbonyl (C=O) groups is 1. The second-order valence-electron chi connectivity index (χ2n) is 7.48.